The smallest absolute Gasteiger partial charge is 0.396 e. The number of anilines is 1. The maximum Gasteiger partial charge on any atom is 0.417 e. The predicted octanol–water partition coefficient (Wildman–Crippen LogP) is 2.34. The Hall–Kier alpha value is -1.56. The fraction of sp³-hybridized carbons (Fsp3) is 0.462. The van der Waals surface area contributed by atoms with Crippen LogP contribution in [0.15, 0.2) is 18.2 Å². The van der Waals surface area contributed by atoms with E-state index in [1.165, 1.54) is 12.1 Å². The molecule has 1 aromatic rings. The molecule has 1 aromatic carbocycles. The van der Waals surface area contributed by atoms with Crippen molar-refractivity contribution < 1.29 is 23.1 Å². The largest absolute Gasteiger partial charge is 0.417 e. The zero-order valence-corrected chi connectivity index (χ0v) is 10.2. The molecule has 1 aliphatic rings. The lowest BCUT2D eigenvalue weighted by molar-refractivity contribution is -0.137. The Bertz CT molecular complexity index is 473. The van der Waals surface area contributed by atoms with Crippen LogP contribution in [0.3, 0.4) is 0 Å². The molecule has 1 saturated heterocycles. The average molecular weight is 273 g/mol. The second-order valence-corrected chi connectivity index (χ2v) is 4.67. The second kappa shape index (κ2) is 5.21. The van der Waals surface area contributed by atoms with Crippen molar-refractivity contribution in [2.75, 3.05) is 24.6 Å². The Labute approximate surface area is 108 Å². The van der Waals surface area contributed by atoms with E-state index in [1.807, 2.05) is 0 Å². The van der Waals surface area contributed by atoms with Gasteiger partial charge in [-0.2, -0.15) is 13.2 Å². The number of aldehydes is 1. The van der Waals surface area contributed by atoms with Gasteiger partial charge in [0, 0.05) is 36.9 Å². The first kappa shape index (κ1) is 13.9. The second-order valence-electron chi connectivity index (χ2n) is 4.67. The summed E-state index contributed by atoms with van der Waals surface area (Å²) in [5.41, 5.74) is -0.824. The van der Waals surface area contributed by atoms with E-state index in [2.05, 4.69) is 0 Å². The molecule has 1 aliphatic heterocycles. The van der Waals surface area contributed by atoms with E-state index in [0.717, 1.165) is 12.5 Å². The number of nitrogens with zero attached hydrogens (tertiary/aromatic N) is 1. The first-order chi connectivity index (χ1) is 8.95. The van der Waals surface area contributed by atoms with E-state index in [9.17, 15) is 18.0 Å². The normalized spacial score (nSPS) is 19.8. The minimum atomic E-state index is -4.54. The summed E-state index contributed by atoms with van der Waals surface area (Å²) in [5.74, 6) is 0.0973. The average Bonchev–Trinajstić information content (AvgIpc) is 2.85. The molecule has 0 spiro atoms. The van der Waals surface area contributed by atoms with Crippen LogP contribution in [-0.4, -0.2) is 31.1 Å². The first-order valence-corrected chi connectivity index (χ1v) is 5.98. The molecule has 3 nitrogen and oxygen atoms in total. The highest BCUT2D eigenvalue weighted by atomic mass is 19.4. The Morgan fingerprint density at radius 1 is 1.42 bits per heavy atom. The molecule has 0 amide bonds. The molecule has 19 heavy (non-hydrogen) atoms. The molecular formula is C13H14F3NO2. The lowest BCUT2D eigenvalue weighted by Crippen LogP contribution is -2.21. The van der Waals surface area contributed by atoms with Gasteiger partial charge in [-0.05, 0) is 24.6 Å². The van der Waals surface area contributed by atoms with E-state index in [0.29, 0.717) is 18.8 Å². The van der Waals surface area contributed by atoms with Gasteiger partial charge in [0.2, 0.25) is 0 Å². The van der Waals surface area contributed by atoms with Crippen LogP contribution in [0.4, 0.5) is 18.9 Å². The molecule has 0 radical (unpaired) electrons. The summed E-state index contributed by atoms with van der Waals surface area (Å²) >= 11 is 0. The highest BCUT2D eigenvalue weighted by Gasteiger charge is 2.34. The number of hydrogen-bond donors (Lipinski definition) is 1. The van der Waals surface area contributed by atoms with E-state index in [4.69, 9.17) is 5.11 Å². The number of benzene rings is 1. The summed E-state index contributed by atoms with van der Waals surface area (Å²) in [4.78, 5) is 12.5. The molecule has 1 N–H and O–H groups in total. The quantitative estimate of drug-likeness (QED) is 0.859. The third-order valence-electron chi connectivity index (χ3n) is 3.38. The SMILES string of the molecule is O=Cc1ccc(N2CCC(CO)C2)cc1C(F)(F)F. The molecular weight excluding hydrogens is 259 g/mol. The minimum absolute atomic E-state index is 0.0368. The molecule has 1 unspecified atom stereocenters. The highest BCUT2D eigenvalue weighted by molar-refractivity contribution is 5.79. The van der Waals surface area contributed by atoms with Crippen LogP contribution >= 0.6 is 0 Å². The number of alkyl halides is 3. The van der Waals surface area contributed by atoms with Crippen LogP contribution in [-0.2, 0) is 6.18 Å². The van der Waals surface area contributed by atoms with Crippen molar-refractivity contribution in [2.45, 2.75) is 12.6 Å². The van der Waals surface area contributed by atoms with Gasteiger partial charge in [0.15, 0.2) is 6.29 Å². The Balaban J connectivity index is 2.31. The maximum absolute atomic E-state index is 12.8. The standard InChI is InChI=1S/C13H14F3NO2/c14-13(15,16)12-5-11(2-1-10(12)8-19)17-4-3-9(6-17)7-18/h1-2,5,8-9,18H,3-4,6-7H2. The predicted molar refractivity (Wildman–Crippen MR) is 64.2 cm³/mol. The Kier molecular flexibility index (Phi) is 3.80. The van der Waals surface area contributed by atoms with Crippen LogP contribution in [0.25, 0.3) is 0 Å². The summed E-state index contributed by atoms with van der Waals surface area (Å²) in [7, 11) is 0. The van der Waals surface area contributed by atoms with Crippen molar-refractivity contribution in [1.29, 1.82) is 0 Å². The van der Waals surface area contributed by atoms with E-state index < -0.39 is 11.7 Å². The molecule has 0 aliphatic carbocycles. The molecule has 104 valence electrons. The number of carbonyl (C=O) groups excluding carboxylic acids is 1. The van der Waals surface area contributed by atoms with Gasteiger partial charge < -0.3 is 10.0 Å². The van der Waals surface area contributed by atoms with Crippen LogP contribution in [0.1, 0.15) is 22.3 Å². The zero-order chi connectivity index (χ0) is 14.0. The van der Waals surface area contributed by atoms with Crippen molar-refractivity contribution in [2.24, 2.45) is 5.92 Å². The summed E-state index contributed by atoms with van der Waals surface area (Å²) < 4.78 is 38.5. The lowest BCUT2D eigenvalue weighted by atomic mass is 10.1. The highest BCUT2D eigenvalue weighted by Crippen LogP contribution is 2.35. The van der Waals surface area contributed by atoms with Gasteiger partial charge >= 0.3 is 6.18 Å². The zero-order valence-electron chi connectivity index (χ0n) is 10.2. The monoisotopic (exact) mass is 273 g/mol. The lowest BCUT2D eigenvalue weighted by Gasteiger charge is -2.20. The van der Waals surface area contributed by atoms with Crippen LogP contribution in [0.2, 0.25) is 0 Å². The van der Waals surface area contributed by atoms with Gasteiger partial charge in [-0.25, -0.2) is 0 Å². The number of aliphatic hydroxyl groups excluding tert-OH is 1. The third kappa shape index (κ3) is 2.89. The van der Waals surface area contributed by atoms with E-state index in [1.54, 1.807) is 4.90 Å². The molecule has 2 rings (SSSR count). The molecule has 1 heterocycles. The first-order valence-electron chi connectivity index (χ1n) is 5.98. The summed E-state index contributed by atoms with van der Waals surface area (Å²) in [6.45, 7) is 1.19. The summed E-state index contributed by atoms with van der Waals surface area (Å²) in [6, 6.07) is 3.71. The van der Waals surface area contributed by atoms with Crippen LogP contribution in [0.5, 0.6) is 0 Å². The molecule has 1 atom stereocenters. The van der Waals surface area contributed by atoms with Crippen LogP contribution < -0.4 is 4.90 Å². The van der Waals surface area contributed by atoms with E-state index in [-0.39, 0.29) is 24.4 Å². The van der Waals surface area contributed by atoms with E-state index >= 15 is 0 Å². The molecule has 6 heteroatoms. The maximum atomic E-state index is 12.8. The van der Waals surface area contributed by atoms with Gasteiger partial charge in [0.05, 0.1) is 5.56 Å². The topological polar surface area (TPSA) is 40.5 Å². The van der Waals surface area contributed by atoms with Gasteiger partial charge in [-0.1, -0.05) is 0 Å². The molecule has 0 bridgehead atoms. The number of aliphatic hydroxyl groups is 1. The van der Waals surface area contributed by atoms with Gasteiger partial charge in [-0.3, -0.25) is 4.79 Å². The number of hydrogen-bond acceptors (Lipinski definition) is 3. The van der Waals surface area contributed by atoms with Crippen molar-refractivity contribution >= 4 is 12.0 Å². The van der Waals surface area contributed by atoms with Crippen molar-refractivity contribution in [1.82, 2.24) is 0 Å². The number of rotatable bonds is 3. The van der Waals surface area contributed by atoms with Crippen LogP contribution in [0, 0.1) is 5.92 Å². The van der Waals surface area contributed by atoms with Gasteiger partial charge in [0.25, 0.3) is 0 Å². The van der Waals surface area contributed by atoms with Crippen molar-refractivity contribution in [3.8, 4) is 0 Å². The van der Waals surface area contributed by atoms with Crippen molar-refractivity contribution in [3.05, 3.63) is 29.3 Å². The Morgan fingerprint density at radius 2 is 2.16 bits per heavy atom. The van der Waals surface area contributed by atoms with Gasteiger partial charge in [0.1, 0.15) is 0 Å². The molecule has 1 fully saturated rings. The Morgan fingerprint density at radius 3 is 2.68 bits per heavy atom. The fourth-order valence-corrected chi connectivity index (χ4v) is 2.31. The van der Waals surface area contributed by atoms with Gasteiger partial charge in [-0.15, -0.1) is 0 Å². The fourth-order valence-electron chi connectivity index (χ4n) is 2.31. The van der Waals surface area contributed by atoms with Crippen molar-refractivity contribution in [3.63, 3.8) is 0 Å². The molecule has 0 aromatic heterocycles. The summed E-state index contributed by atoms with van der Waals surface area (Å²) in [6.07, 6.45) is -3.57. The number of carbonyl (C=O) groups is 1. The number of halogens is 3. The third-order valence-corrected chi connectivity index (χ3v) is 3.38. The summed E-state index contributed by atoms with van der Waals surface area (Å²) in [5, 5.41) is 9.04. The minimum Gasteiger partial charge on any atom is -0.396 e. The molecule has 0 saturated carbocycles.